The number of nitrogens with two attached hydrogens (primary N) is 1. The van der Waals surface area contributed by atoms with E-state index in [4.69, 9.17) is 10.5 Å². The number of primary amides is 1. The molecule has 1 aliphatic rings. The fourth-order valence-electron chi connectivity index (χ4n) is 4.64. The van der Waals surface area contributed by atoms with Gasteiger partial charge in [0.05, 0.1) is 12.7 Å². The average Bonchev–Trinajstić information content (AvgIpc) is 3.43. The van der Waals surface area contributed by atoms with Gasteiger partial charge in [0.25, 0.3) is 5.91 Å². The SMILES string of the molecule is COc1ccc(CN(CC2CCCC2)c2ccccc2-c2cc(C(N)=O)c(C)[nH]2)cc1. The molecule has 1 saturated carbocycles. The minimum absolute atomic E-state index is 0.404. The van der Waals surface area contributed by atoms with Crippen LogP contribution in [0.25, 0.3) is 11.3 Å². The van der Waals surface area contributed by atoms with E-state index >= 15 is 0 Å². The molecule has 1 aliphatic carbocycles. The Kier molecular flexibility index (Phi) is 6.31. The summed E-state index contributed by atoms with van der Waals surface area (Å²) in [5, 5.41) is 0. The number of para-hydroxylation sites is 1. The van der Waals surface area contributed by atoms with Crippen LogP contribution in [0.5, 0.6) is 5.75 Å². The number of benzene rings is 2. The van der Waals surface area contributed by atoms with E-state index in [9.17, 15) is 4.79 Å². The van der Waals surface area contributed by atoms with Gasteiger partial charge in [-0.15, -0.1) is 0 Å². The van der Waals surface area contributed by atoms with Gasteiger partial charge >= 0.3 is 0 Å². The van der Waals surface area contributed by atoms with E-state index in [0.717, 1.165) is 35.8 Å². The van der Waals surface area contributed by atoms with E-state index in [1.54, 1.807) is 7.11 Å². The Bertz CT molecular complexity index is 1030. The number of ether oxygens (including phenoxy) is 1. The van der Waals surface area contributed by atoms with E-state index in [1.165, 1.54) is 36.9 Å². The van der Waals surface area contributed by atoms with Crippen LogP contribution in [0.4, 0.5) is 5.69 Å². The molecule has 3 N–H and O–H groups in total. The van der Waals surface area contributed by atoms with Crippen LogP contribution in [0.2, 0.25) is 0 Å². The van der Waals surface area contributed by atoms with Crippen molar-refractivity contribution in [2.24, 2.45) is 11.7 Å². The molecule has 4 rings (SSSR count). The molecule has 162 valence electrons. The molecule has 0 radical (unpaired) electrons. The van der Waals surface area contributed by atoms with Gasteiger partial charge < -0.3 is 20.4 Å². The average molecular weight is 418 g/mol. The second-order valence-electron chi connectivity index (χ2n) is 8.48. The first-order valence-corrected chi connectivity index (χ1v) is 11.0. The fourth-order valence-corrected chi connectivity index (χ4v) is 4.64. The van der Waals surface area contributed by atoms with Crippen molar-refractivity contribution < 1.29 is 9.53 Å². The van der Waals surface area contributed by atoms with Crippen molar-refractivity contribution in [1.82, 2.24) is 4.98 Å². The molecule has 5 heteroatoms. The van der Waals surface area contributed by atoms with E-state index < -0.39 is 5.91 Å². The molecule has 0 atom stereocenters. The first-order chi connectivity index (χ1) is 15.0. The molecule has 1 aromatic heterocycles. The summed E-state index contributed by atoms with van der Waals surface area (Å²) < 4.78 is 5.32. The number of H-pyrrole nitrogens is 1. The molecule has 0 bridgehead atoms. The second-order valence-corrected chi connectivity index (χ2v) is 8.48. The largest absolute Gasteiger partial charge is 0.497 e. The quantitative estimate of drug-likeness (QED) is 0.523. The normalized spacial score (nSPS) is 14.0. The summed E-state index contributed by atoms with van der Waals surface area (Å²) in [5.74, 6) is 1.17. The topological polar surface area (TPSA) is 71.3 Å². The Morgan fingerprint density at radius 3 is 2.48 bits per heavy atom. The monoisotopic (exact) mass is 417 g/mol. The number of methoxy groups -OCH3 is 1. The van der Waals surface area contributed by atoms with Gasteiger partial charge in [-0.05, 0) is 55.5 Å². The molecular weight excluding hydrogens is 386 g/mol. The lowest BCUT2D eigenvalue weighted by molar-refractivity contribution is 0.1000. The van der Waals surface area contributed by atoms with Gasteiger partial charge in [-0.3, -0.25) is 4.79 Å². The molecule has 1 amide bonds. The molecule has 3 aromatic rings. The third-order valence-corrected chi connectivity index (χ3v) is 6.30. The highest BCUT2D eigenvalue weighted by Crippen LogP contribution is 2.35. The number of amides is 1. The van der Waals surface area contributed by atoms with Crippen molar-refractivity contribution in [3.05, 3.63) is 71.4 Å². The number of nitrogens with one attached hydrogen (secondary N) is 1. The number of carbonyl (C=O) groups excluding carboxylic acids is 1. The molecular formula is C26H31N3O2. The summed E-state index contributed by atoms with van der Waals surface area (Å²) >= 11 is 0. The maximum absolute atomic E-state index is 11.8. The smallest absolute Gasteiger partial charge is 0.250 e. The van der Waals surface area contributed by atoms with E-state index in [2.05, 4.69) is 40.2 Å². The lowest BCUT2D eigenvalue weighted by Crippen LogP contribution is -2.28. The van der Waals surface area contributed by atoms with Crippen LogP contribution in [-0.2, 0) is 6.54 Å². The molecule has 0 aliphatic heterocycles. The summed E-state index contributed by atoms with van der Waals surface area (Å²) in [6.45, 7) is 3.73. The summed E-state index contributed by atoms with van der Waals surface area (Å²) in [4.78, 5) is 17.6. The van der Waals surface area contributed by atoms with Crippen molar-refractivity contribution >= 4 is 11.6 Å². The minimum atomic E-state index is -0.404. The van der Waals surface area contributed by atoms with Crippen LogP contribution < -0.4 is 15.4 Å². The van der Waals surface area contributed by atoms with Crippen LogP contribution in [0, 0.1) is 12.8 Å². The van der Waals surface area contributed by atoms with Crippen LogP contribution >= 0.6 is 0 Å². The Balaban J connectivity index is 1.70. The van der Waals surface area contributed by atoms with Gasteiger partial charge in [0.1, 0.15) is 5.75 Å². The van der Waals surface area contributed by atoms with Crippen LogP contribution in [-0.4, -0.2) is 24.5 Å². The lowest BCUT2D eigenvalue weighted by atomic mass is 10.0. The predicted molar refractivity (Wildman–Crippen MR) is 125 cm³/mol. The maximum Gasteiger partial charge on any atom is 0.250 e. The van der Waals surface area contributed by atoms with Gasteiger partial charge in [-0.1, -0.05) is 43.2 Å². The van der Waals surface area contributed by atoms with Crippen LogP contribution in [0.3, 0.4) is 0 Å². The first-order valence-electron chi connectivity index (χ1n) is 11.0. The molecule has 0 unspecified atom stereocenters. The number of rotatable bonds is 8. The van der Waals surface area contributed by atoms with Crippen molar-refractivity contribution in [3.63, 3.8) is 0 Å². The van der Waals surface area contributed by atoms with Gasteiger partial charge in [-0.25, -0.2) is 0 Å². The highest BCUT2D eigenvalue weighted by Gasteiger charge is 2.22. The molecule has 1 fully saturated rings. The van der Waals surface area contributed by atoms with Gasteiger partial charge in [0.15, 0.2) is 0 Å². The Morgan fingerprint density at radius 1 is 1.13 bits per heavy atom. The first kappa shape index (κ1) is 21.0. The van der Waals surface area contributed by atoms with E-state index in [-0.39, 0.29) is 0 Å². The van der Waals surface area contributed by atoms with E-state index in [0.29, 0.717) is 11.5 Å². The fraction of sp³-hybridized carbons (Fsp3) is 0.346. The number of aromatic amines is 1. The highest BCUT2D eigenvalue weighted by atomic mass is 16.5. The molecule has 0 spiro atoms. The second kappa shape index (κ2) is 9.29. The number of carbonyl (C=O) groups is 1. The highest BCUT2D eigenvalue weighted by molar-refractivity contribution is 5.96. The van der Waals surface area contributed by atoms with Gasteiger partial charge in [0, 0.05) is 35.7 Å². The zero-order valence-corrected chi connectivity index (χ0v) is 18.4. The number of hydrogen-bond donors (Lipinski definition) is 2. The molecule has 0 saturated heterocycles. The zero-order valence-electron chi connectivity index (χ0n) is 18.4. The number of anilines is 1. The molecule has 31 heavy (non-hydrogen) atoms. The van der Waals surface area contributed by atoms with E-state index in [1.807, 2.05) is 31.2 Å². The predicted octanol–water partition coefficient (Wildman–Crippen LogP) is 5.29. The maximum atomic E-state index is 11.8. The molecule has 2 aromatic carbocycles. The zero-order chi connectivity index (χ0) is 21.8. The van der Waals surface area contributed by atoms with Crippen molar-refractivity contribution in [1.29, 1.82) is 0 Å². The standard InChI is InChI=1S/C26H31N3O2/c1-18-23(26(27)30)15-24(28-18)22-9-5-6-10-25(22)29(16-19-7-3-4-8-19)17-20-11-13-21(31-2)14-12-20/h5-6,9-15,19,28H,3-4,7-8,16-17H2,1-2H3,(H2,27,30). The summed E-state index contributed by atoms with van der Waals surface area (Å²) in [7, 11) is 1.69. The van der Waals surface area contributed by atoms with Crippen molar-refractivity contribution in [2.45, 2.75) is 39.2 Å². The summed E-state index contributed by atoms with van der Waals surface area (Å²) in [6, 6.07) is 18.6. The Morgan fingerprint density at radius 2 is 1.84 bits per heavy atom. The minimum Gasteiger partial charge on any atom is -0.497 e. The van der Waals surface area contributed by atoms with Gasteiger partial charge in [0.2, 0.25) is 0 Å². The number of aryl methyl sites for hydroxylation is 1. The lowest BCUT2D eigenvalue weighted by Gasteiger charge is -2.30. The Labute approximate surface area is 184 Å². The summed E-state index contributed by atoms with van der Waals surface area (Å²) in [6.07, 6.45) is 5.21. The van der Waals surface area contributed by atoms with Crippen LogP contribution in [0.15, 0.2) is 54.6 Å². The Hall–Kier alpha value is -3.21. The number of hydrogen-bond acceptors (Lipinski definition) is 3. The van der Waals surface area contributed by atoms with Crippen LogP contribution in [0.1, 0.15) is 47.3 Å². The number of nitrogens with zero attached hydrogens (tertiary/aromatic N) is 1. The third kappa shape index (κ3) is 4.76. The summed E-state index contributed by atoms with van der Waals surface area (Å²) in [5.41, 5.74) is 11.3. The molecule has 1 heterocycles. The van der Waals surface area contributed by atoms with Crippen molar-refractivity contribution in [3.8, 4) is 17.0 Å². The van der Waals surface area contributed by atoms with Crippen molar-refractivity contribution in [2.75, 3.05) is 18.6 Å². The van der Waals surface area contributed by atoms with Gasteiger partial charge in [-0.2, -0.15) is 0 Å². The third-order valence-electron chi connectivity index (χ3n) is 6.30. The number of aromatic nitrogens is 1. The molecule has 5 nitrogen and oxygen atoms in total.